The molecular weight excluding hydrogens is 894 g/mol. The zero-order valence-corrected chi connectivity index (χ0v) is 38.9. The molecule has 17 nitrogen and oxygen atoms in total. The van der Waals surface area contributed by atoms with Crippen molar-refractivity contribution in [2.45, 2.75) is 42.5 Å². The molecule has 8 rings (SSSR count). The predicted molar refractivity (Wildman–Crippen MR) is 248 cm³/mol. The Kier molecular flexibility index (Phi) is 15.2. The van der Waals surface area contributed by atoms with Crippen LogP contribution in [0.15, 0.2) is 107 Å². The molecule has 2 amide bonds. The number of hydrogen-bond acceptors (Lipinski definition) is 15. The number of aromatic nitrogens is 4. The summed E-state index contributed by atoms with van der Waals surface area (Å²) in [6.07, 6.45) is 6.16. The van der Waals surface area contributed by atoms with Crippen LogP contribution < -0.4 is 16.4 Å². The number of rotatable bonds is 12. The first kappa shape index (κ1) is 48.0. The number of carbonyl (C=O) groups excluding carboxylic acids is 2. The first-order valence-corrected chi connectivity index (χ1v) is 24.0. The van der Waals surface area contributed by atoms with Gasteiger partial charge in [0.15, 0.2) is 19.7 Å². The number of ether oxygens (including phenoxy) is 2. The van der Waals surface area contributed by atoms with Gasteiger partial charge in [-0.25, -0.2) is 26.8 Å². The Morgan fingerprint density at radius 1 is 0.646 bits per heavy atom. The van der Waals surface area contributed by atoms with Crippen LogP contribution in [0.1, 0.15) is 54.6 Å². The fourth-order valence-electron chi connectivity index (χ4n) is 7.08. The fraction of sp³-hybridized carbons (Fsp3) is 0.244. The van der Waals surface area contributed by atoms with Gasteiger partial charge in [0.1, 0.15) is 11.0 Å². The summed E-state index contributed by atoms with van der Waals surface area (Å²) >= 11 is 6.02. The number of fused-ring (bicyclic) bond motifs is 2. The third-order valence-electron chi connectivity index (χ3n) is 9.93. The van der Waals surface area contributed by atoms with Crippen molar-refractivity contribution in [2.24, 2.45) is 0 Å². The van der Waals surface area contributed by atoms with Crippen molar-refractivity contribution in [3.8, 4) is 0 Å². The Labute approximate surface area is 382 Å². The van der Waals surface area contributed by atoms with E-state index in [1.165, 1.54) is 17.0 Å². The molecule has 0 radical (unpaired) electrons. The quantitative estimate of drug-likeness (QED) is 0.116. The van der Waals surface area contributed by atoms with Crippen molar-refractivity contribution in [1.82, 2.24) is 29.7 Å². The lowest BCUT2D eigenvalue weighted by Crippen LogP contribution is -2.18. The third kappa shape index (κ3) is 12.0. The van der Waals surface area contributed by atoms with Crippen LogP contribution in [-0.2, 0) is 61.9 Å². The molecule has 0 saturated carbocycles. The number of para-hydroxylation sites is 2. The van der Waals surface area contributed by atoms with Gasteiger partial charge in [0.25, 0.3) is 11.8 Å². The number of nitrogen functional groups attached to an aromatic ring is 1. The first-order valence-electron chi connectivity index (χ1n) is 19.8. The van der Waals surface area contributed by atoms with Crippen LogP contribution in [0, 0.1) is 0 Å². The van der Waals surface area contributed by atoms with Gasteiger partial charge in [0, 0.05) is 71.0 Å². The number of pyridine rings is 4. The molecule has 0 aliphatic carbocycles. The van der Waals surface area contributed by atoms with Crippen molar-refractivity contribution in [3.05, 3.63) is 148 Å². The molecule has 4 aromatic heterocycles. The number of nitrogens with one attached hydrogen (secondary N) is 2. The number of nitrogens with zero attached hydrogens (tertiary/aromatic N) is 6. The van der Waals surface area contributed by atoms with Crippen LogP contribution in [0.5, 0.6) is 0 Å². The second-order valence-electron chi connectivity index (χ2n) is 15.2. The van der Waals surface area contributed by atoms with Gasteiger partial charge in [-0.05, 0) is 71.8 Å². The largest absolute Gasteiger partial charge is 0.384 e. The average Bonchev–Trinajstić information content (AvgIpc) is 3.69. The highest BCUT2D eigenvalue weighted by atomic mass is 35.5. The molecule has 2 aliphatic heterocycles. The topological polar surface area (TPSA) is 229 Å². The second kappa shape index (κ2) is 20.5. The van der Waals surface area contributed by atoms with Crippen molar-refractivity contribution in [3.63, 3.8) is 0 Å². The van der Waals surface area contributed by atoms with Gasteiger partial charge in [0.2, 0.25) is 0 Å². The van der Waals surface area contributed by atoms with E-state index in [9.17, 15) is 26.4 Å². The van der Waals surface area contributed by atoms with Gasteiger partial charge in [-0.2, -0.15) is 0 Å². The van der Waals surface area contributed by atoms with Crippen molar-refractivity contribution in [2.75, 3.05) is 57.2 Å². The molecule has 6 heterocycles. The number of halogens is 1. The second-order valence-corrected chi connectivity index (χ2v) is 19.5. The lowest BCUT2D eigenvalue weighted by Gasteiger charge is -2.15. The highest BCUT2D eigenvalue weighted by Gasteiger charge is 2.32. The molecule has 0 fully saturated rings. The number of methoxy groups -OCH3 is 2. The van der Waals surface area contributed by atoms with Crippen molar-refractivity contribution in [1.29, 1.82) is 0 Å². The van der Waals surface area contributed by atoms with E-state index in [1.54, 1.807) is 100 Å². The van der Waals surface area contributed by atoms with Crippen molar-refractivity contribution >= 4 is 71.7 Å². The van der Waals surface area contributed by atoms with E-state index in [0.29, 0.717) is 83.8 Å². The number of amides is 2. The Bertz CT molecular complexity index is 2970. The Hall–Kier alpha value is -6.51. The van der Waals surface area contributed by atoms with Crippen LogP contribution in [0.2, 0.25) is 5.15 Å². The number of sulfone groups is 2. The third-order valence-corrected chi connectivity index (χ3v) is 12.4. The van der Waals surface area contributed by atoms with E-state index in [-0.39, 0.29) is 26.8 Å². The van der Waals surface area contributed by atoms with Crippen LogP contribution in [0.3, 0.4) is 0 Å². The molecule has 2 aromatic carbocycles. The smallest absolute Gasteiger partial charge is 0.257 e. The Morgan fingerprint density at radius 3 is 1.63 bits per heavy atom. The lowest BCUT2D eigenvalue weighted by molar-refractivity contribution is 0.0809. The molecule has 0 saturated heterocycles. The minimum atomic E-state index is -3.46. The summed E-state index contributed by atoms with van der Waals surface area (Å²) in [5, 5.41) is 6.44. The lowest BCUT2D eigenvalue weighted by atomic mass is 10.1. The van der Waals surface area contributed by atoms with Gasteiger partial charge < -0.3 is 35.6 Å². The molecule has 20 heteroatoms. The molecule has 2 aliphatic rings. The van der Waals surface area contributed by atoms with Gasteiger partial charge in [-0.1, -0.05) is 35.9 Å². The maximum absolute atomic E-state index is 12.8. The maximum Gasteiger partial charge on any atom is 0.257 e. The molecule has 0 spiro atoms. The van der Waals surface area contributed by atoms with E-state index in [2.05, 4.69) is 25.6 Å². The molecule has 6 aromatic rings. The molecule has 4 N–H and O–H groups in total. The molecular formula is C45H48ClN9O8S2. The van der Waals surface area contributed by atoms with Crippen LogP contribution >= 0.6 is 11.6 Å². The standard InChI is InChI=1S/C23H24N4O4S.C15H14ClN3O3S.C7H10N2O/c1-27-13-20-22(23(27)28)19(26-18-6-4-5-7-21(18)32(3,29)30)12-17(25-20)11-16-10-15(14-31-2)8-9-24-16;1-19-8-11-14(15(19)20)10(7-13(16)18-11)17-9-5-3-4-6-12(9)23(2,21)22;1-10-5-6-2-3-9-7(8)4-6/h4-10,12H,11,13-14H2,1-3H3,(H,25,26);3-7H,8H2,1-2H3,(H,17,18);2-4H,5H2,1H3,(H2,8,9). The Balaban J connectivity index is 0.000000184. The number of anilines is 5. The molecule has 65 heavy (non-hydrogen) atoms. The maximum atomic E-state index is 12.8. The summed E-state index contributed by atoms with van der Waals surface area (Å²) in [6.45, 7) is 1.84. The van der Waals surface area contributed by atoms with Gasteiger partial charge in [-0.3, -0.25) is 19.6 Å². The average molecular weight is 943 g/mol. The Morgan fingerprint density at radius 2 is 1.12 bits per heavy atom. The number of hydrogen-bond donors (Lipinski definition) is 3. The predicted octanol–water partition coefficient (Wildman–Crippen LogP) is 6.22. The fourth-order valence-corrected chi connectivity index (χ4v) is 8.98. The van der Waals surface area contributed by atoms with Gasteiger partial charge >= 0.3 is 0 Å². The molecule has 0 atom stereocenters. The zero-order valence-electron chi connectivity index (χ0n) is 36.5. The SMILES string of the molecule is CN1Cc2nc(Cl)cc(Nc3ccccc3S(C)(=O)=O)c2C1=O.COCc1ccnc(Cc2cc(Nc3ccccc3S(C)(=O)=O)c3c(n2)CN(C)C3=O)c1.COCc1ccnc(N)c1. The van der Waals surface area contributed by atoms with E-state index in [1.807, 2.05) is 18.2 Å². The van der Waals surface area contributed by atoms with E-state index < -0.39 is 19.7 Å². The van der Waals surface area contributed by atoms with E-state index in [0.717, 1.165) is 35.0 Å². The summed E-state index contributed by atoms with van der Waals surface area (Å²) in [5.41, 5.74) is 12.9. The molecule has 0 unspecified atom stereocenters. The number of carbonyl (C=O) groups is 2. The summed E-state index contributed by atoms with van der Waals surface area (Å²) in [6, 6.07) is 24.0. The highest BCUT2D eigenvalue weighted by Crippen LogP contribution is 2.35. The minimum absolute atomic E-state index is 0.153. The van der Waals surface area contributed by atoms with E-state index >= 15 is 0 Å². The zero-order chi connectivity index (χ0) is 47.1. The summed E-state index contributed by atoms with van der Waals surface area (Å²) in [5.74, 6) is 0.205. The van der Waals surface area contributed by atoms with Crippen LogP contribution in [0.25, 0.3) is 0 Å². The highest BCUT2D eigenvalue weighted by molar-refractivity contribution is 7.91. The van der Waals surface area contributed by atoms with Gasteiger partial charge in [-0.15, -0.1) is 0 Å². The summed E-state index contributed by atoms with van der Waals surface area (Å²) in [4.78, 5) is 45.7. The van der Waals surface area contributed by atoms with Gasteiger partial charge in [0.05, 0.1) is 81.4 Å². The van der Waals surface area contributed by atoms with Crippen molar-refractivity contribution < 1.29 is 35.9 Å². The summed E-state index contributed by atoms with van der Waals surface area (Å²) in [7, 11) is -0.186. The van der Waals surface area contributed by atoms with E-state index in [4.69, 9.17) is 31.8 Å². The molecule has 0 bridgehead atoms. The normalized spacial score (nSPS) is 13.0. The molecule has 340 valence electrons. The first-order chi connectivity index (χ1) is 30.9. The van der Waals surface area contributed by atoms with Crippen LogP contribution in [0.4, 0.5) is 28.6 Å². The monoisotopic (exact) mass is 941 g/mol. The summed E-state index contributed by atoms with van der Waals surface area (Å²) < 4.78 is 58.4. The number of benzene rings is 2. The minimum Gasteiger partial charge on any atom is -0.384 e. The number of nitrogens with two attached hydrogens (primary N) is 1. The van der Waals surface area contributed by atoms with Crippen LogP contribution in [-0.4, -0.2) is 99.2 Å².